The van der Waals surface area contributed by atoms with Gasteiger partial charge in [0.05, 0.1) is 0 Å². The maximum absolute atomic E-state index is 13.0. The van der Waals surface area contributed by atoms with Gasteiger partial charge in [0.15, 0.2) is 0 Å². The summed E-state index contributed by atoms with van der Waals surface area (Å²) in [4.78, 5) is 14.0. The Bertz CT molecular complexity index is 467. The van der Waals surface area contributed by atoms with E-state index in [4.69, 9.17) is 0 Å². The molecule has 1 heterocycles. The minimum atomic E-state index is -0.294. The summed E-state index contributed by atoms with van der Waals surface area (Å²) >= 11 is 0. The van der Waals surface area contributed by atoms with Gasteiger partial charge in [-0.1, -0.05) is 18.6 Å². The van der Waals surface area contributed by atoms with Crippen molar-refractivity contribution in [1.29, 1.82) is 0 Å². The van der Waals surface area contributed by atoms with Crippen molar-refractivity contribution in [2.24, 2.45) is 0 Å². The summed E-state index contributed by atoms with van der Waals surface area (Å²) in [6.45, 7) is 3.83. The number of hydrogen-bond acceptors (Lipinski definition) is 2. The number of carbonyl (C=O) groups is 1. The Labute approximate surface area is 119 Å². The minimum Gasteiger partial charge on any atom is -0.351 e. The Morgan fingerprint density at radius 1 is 1.30 bits per heavy atom. The first-order valence-electron chi connectivity index (χ1n) is 7.18. The van der Waals surface area contributed by atoms with Crippen LogP contribution in [0, 0.1) is 5.82 Å². The van der Waals surface area contributed by atoms with Crippen LogP contribution in [0.25, 0.3) is 6.08 Å². The minimum absolute atomic E-state index is 0.133. The molecule has 0 unspecified atom stereocenters. The van der Waals surface area contributed by atoms with Crippen LogP contribution < -0.4 is 5.32 Å². The van der Waals surface area contributed by atoms with Gasteiger partial charge in [0.1, 0.15) is 5.82 Å². The van der Waals surface area contributed by atoms with E-state index in [-0.39, 0.29) is 11.7 Å². The lowest BCUT2D eigenvalue weighted by molar-refractivity contribution is -0.116. The largest absolute Gasteiger partial charge is 0.351 e. The summed E-state index contributed by atoms with van der Waals surface area (Å²) < 4.78 is 13.0. The molecule has 3 nitrogen and oxygen atoms in total. The van der Waals surface area contributed by atoms with Crippen LogP contribution in [0.15, 0.2) is 30.3 Å². The highest BCUT2D eigenvalue weighted by Crippen LogP contribution is 2.07. The topological polar surface area (TPSA) is 32.3 Å². The van der Waals surface area contributed by atoms with Gasteiger partial charge < -0.3 is 10.2 Å². The van der Waals surface area contributed by atoms with Crippen LogP contribution in [-0.2, 0) is 4.79 Å². The third kappa shape index (κ3) is 5.13. The quantitative estimate of drug-likeness (QED) is 0.838. The van der Waals surface area contributed by atoms with E-state index in [2.05, 4.69) is 10.2 Å². The molecule has 0 saturated carbocycles. The predicted molar refractivity (Wildman–Crippen MR) is 78.7 cm³/mol. The zero-order valence-corrected chi connectivity index (χ0v) is 11.6. The van der Waals surface area contributed by atoms with E-state index in [1.165, 1.54) is 37.5 Å². The number of amides is 1. The van der Waals surface area contributed by atoms with E-state index in [9.17, 15) is 9.18 Å². The molecule has 108 valence electrons. The van der Waals surface area contributed by atoms with Crippen LogP contribution in [-0.4, -0.2) is 37.0 Å². The number of likely N-dealkylation sites (tertiary alicyclic amines) is 1. The molecule has 20 heavy (non-hydrogen) atoms. The molecular weight excluding hydrogens is 255 g/mol. The Morgan fingerprint density at radius 3 is 2.85 bits per heavy atom. The van der Waals surface area contributed by atoms with Crippen molar-refractivity contribution in [2.75, 3.05) is 26.2 Å². The van der Waals surface area contributed by atoms with Crippen molar-refractivity contribution < 1.29 is 9.18 Å². The fourth-order valence-electron chi connectivity index (χ4n) is 2.36. The van der Waals surface area contributed by atoms with Crippen LogP contribution in [0.4, 0.5) is 4.39 Å². The van der Waals surface area contributed by atoms with Crippen LogP contribution >= 0.6 is 0 Å². The number of nitrogens with one attached hydrogen (secondary N) is 1. The van der Waals surface area contributed by atoms with E-state index >= 15 is 0 Å². The van der Waals surface area contributed by atoms with Gasteiger partial charge in [-0.3, -0.25) is 4.79 Å². The standard InChI is InChI=1S/C16H21FN2O/c17-15-6-4-5-14(13-15)7-8-16(20)18-9-12-19-10-2-1-3-11-19/h4-8,13H,1-3,9-12H2,(H,18,20). The maximum Gasteiger partial charge on any atom is 0.244 e. The highest BCUT2D eigenvalue weighted by Gasteiger charge is 2.09. The Hall–Kier alpha value is -1.68. The molecule has 0 radical (unpaired) electrons. The molecule has 1 aromatic carbocycles. The number of piperidine rings is 1. The molecule has 1 aromatic rings. The molecule has 1 fully saturated rings. The van der Waals surface area contributed by atoms with E-state index < -0.39 is 0 Å². The molecule has 1 aliphatic rings. The Kier molecular flexibility index (Phi) is 5.74. The first-order valence-corrected chi connectivity index (χ1v) is 7.18. The molecule has 1 aliphatic heterocycles. The van der Waals surface area contributed by atoms with Crippen molar-refractivity contribution >= 4 is 12.0 Å². The van der Waals surface area contributed by atoms with Gasteiger partial charge >= 0.3 is 0 Å². The molecule has 1 N–H and O–H groups in total. The molecule has 0 aliphatic carbocycles. The molecule has 0 bridgehead atoms. The second-order valence-electron chi connectivity index (χ2n) is 5.08. The lowest BCUT2D eigenvalue weighted by atomic mass is 10.1. The highest BCUT2D eigenvalue weighted by atomic mass is 19.1. The third-order valence-electron chi connectivity index (χ3n) is 3.45. The summed E-state index contributed by atoms with van der Waals surface area (Å²) in [7, 11) is 0. The van der Waals surface area contributed by atoms with Crippen LogP contribution in [0.5, 0.6) is 0 Å². The van der Waals surface area contributed by atoms with Crippen LogP contribution in [0.3, 0.4) is 0 Å². The lowest BCUT2D eigenvalue weighted by Crippen LogP contribution is -2.37. The third-order valence-corrected chi connectivity index (χ3v) is 3.45. The van der Waals surface area contributed by atoms with Crippen molar-refractivity contribution in [1.82, 2.24) is 10.2 Å². The van der Waals surface area contributed by atoms with Crippen molar-refractivity contribution in [3.05, 3.63) is 41.7 Å². The fraction of sp³-hybridized carbons (Fsp3) is 0.438. The summed E-state index contributed by atoms with van der Waals surface area (Å²) in [6.07, 6.45) is 6.91. The first-order chi connectivity index (χ1) is 9.74. The number of hydrogen-bond donors (Lipinski definition) is 1. The van der Waals surface area contributed by atoms with Gasteiger partial charge in [-0.25, -0.2) is 4.39 Å². The smallest absolute Gasteiger partial charge is 0.244 e. The average Bonchev–Trinajstić information content (AvgIpc) is 2.46. The number of nitrogens with zero attached hydrogens (tertiary/aromatic N) is 1. The lowest BCUT2D eigenvalue weighted by Gasteiger charge is -2.26. The zero-order valence-electron chi connectivity index (χ0n) is 11.6. The second-order valence-corrected chi connectivity index (χ2v) is 5.08. The maximum atomic E-state index is 13.0. The van der Waals surface area contributed by atoms with Crippen molar-refractivity contribution in [3.63, 3.8) is 0 Å². The van der Waals surface area contributed by atoms with Gasteiger partial charge in [-0.15, -0.1) is 0 Å². The summed E-state index contributed by atoms with van der Waals surface area (Å²) in [5.74, 6) is -0.427. The van der Waals surface area contributed by atoms with E-state index in [0.717, 1.165) is 19.6 Å². The number of halogens is 1. The molecule has 1 amide bonds. The van der Waals surface area contributed by atoms with E-state index in [1.54, 1.807) is 18.2 Å². The normalized spacial score (nSPS) is 16.4. The van der Waals surface area contributed by atoms with Crippen molar-refractivity contribution in [2.45, 2.75) is 19.3 Å². The number of benzene rings is 1. The van der Waals surface area contributed by atoms with Crippen LogP contribution in [0.1, 0.15) is 24.8 Å². The molecule has 1 saturated heterocycles. The molecule has 2 rings (SSSR count). The molecule has 4 heteroatoms. The molecule has 0 atom stereocenters. The van der Waals surface area contributed by atoms with E-state index in [1.807, 2.05) is 0 Å². The van der Waals surface area contributed by atoms with Crippen LogP contribution in [0.2, 0.25) is 0 Å². The predicted octanol–water partition coefficient (Wildman–Crippen LogP) is 2.44. The van der Waals surface area contributed by atoms with Crippen molar-refractivity contribution in [3.8, 4) is 0 Å². The summed E-state index contributed by atoms with van der Waals surface area (Å²) in [5, 5.41) is 2.85. The number of rotatable bonds is 5. The fourth-order valence-corrected chi connectivity index (χ4v) is 2.36. The molecule has 0 spiro atoms. The highest BCUT2D eigenvalue weighted by molar-refractivity contribution is 5.91. The monoisotopic (exact) mass is 276 g/mol. The van der Waals surface area contributed by atoms with Gasteiger partial charge in [-0.05, 0) is 49.7 Å². The van der Waals surface area contributed by atoms with Gasteiger partial charge in [0, 0.05) is 19.2 Å². The zero-order chi connectivity index (χ0) is 14.2. The van der Waals surface area contributed by atoms with E-state index in [0.29, 0.717) is 12.1 Å². The number of carbonyl (C=O) groups excluding carboxylic acids is 1. The first kappa shape index (κ1) is 14.7. The second kappa shape index (κ2) is 7.80. The SMILES string of the molecule is O=C(C=Cc1cccc(F)c1)NCCN1CCCCC1. The van der Waals surface area contributed by atoms with Gasteiger partial charge in [0.2, 0.25) is 5.91 Å². The Morgan fingerprint density at radius 2 is 2.10 bits per heavy atom. The van der Waals surface area contributed by atoms with Gasteiger partial charge in [0.25, 0.3) is 0 Å². The van der Waals surface area contributed by atoms with Gasteiger partial charge in [-0.2, -0.15) is 0 Å². The molecule has 0 aromatic heterocycles. The average molecular weight is 276 g/mol. The summed E-state index contributed by atoms with van der Waals surface area (Å²) in [5.41, 5.74) is 0.691. The Balaban J connectivity index is 1.69. The molecular formula is C16H21FN2O. The summed E-state index contributed by atoms with van der Waals surface area (Å²) in [6, 6.07) is 6.18.